The second-order valence-electron chi connectivity index (χ2n) is 5.34. The number of nitrogens with zero attached hydrogens (tertiary/aromatic N) is 1. The van der Waals surface area contributed by atoms with Crippen LogP contribution in [-0.4, -0.2) is 5.33 Å². The van der Waals surface area contributed by atoms with Gasteiger partial charge in [0.2, 0.25) is 0 Å². The fourth-order valence-corrected chi connectivity index (χ4v) is 2.78. The van der Waals surface area contributed by atoms with Gasteiger partial charge in [0.15, 0.2) is 12.4 Å². The minimum absolute atomic E-state index is 1.17. The summed E-state index contributed by atoms with van der Waals surface area (Å²) in [5.41, 5.74) is 0. The summed E-state index contributed by atoms with van der Waals surface area (Å²) in [4.78, 5) is 0. The summed E-state index contributed by atoms with van der Waals surface area (Å²) >= 11 is 3.48. The molecule has 0 atom stereocenters. The van der Waals surface area contributed by atoms with Gasteiger partial charge in [-0.05, 0) is 12.8 Å². The number of aryl methyl sites for hydroxylation is 1. The molecule has 0 amide bonds. The van der Waals surface area contributed by atoms with Crippen LogP contribution in [0, 0.1) is 0 Å². The van der Waals surface area contributed by atoms with Crippen molar-refractivity contribution >= 4 is 15.9 Å². The lowest BCUT2D eigenvalue weighted by Crippen LogP contribution is -2.32. The van der Waals surface area contributed by atoms with Gasteiger partial charge in [0.05, 0.1) is 0 Å². The van der Waals surface area contributed by atoms with Gasteiger partial charge in [0, 0.05) is 23.9 Å². The van der Waals surface area contributed by atoms with E-state index < -0.39 is 0 Å². The highest BCUT2D eigenvalue weighted by molar-refractivity contribution is 9.09. The quantitative estimate of drug-likeness (QED) is 0.280. The van der Waals surface area contributed by atoms with E-state index in [0.29, 0.717) is 0 Å². The Kier molecular flexibility index (Phi) is 11.1. The van der Waals surface area contributed by atoms with Crippen LogP contribution in [0.1, 0.15) is 64.2 Å². The van der Waals surface area contributed by atoms with Crippen LogP contribution in [0.25, 0.3) is 0 Å². The minimum Gasteiger partial charge on any atom is -0.205 e. The Morgan fingerprint density at radius 3 is 1.58 bits per heavy atom. The number of unbranched alkanes of at least 4 members (excludes halogenated alkanes) is 9. The fraction of sp³-hybridized carbons (Fsp3) is 0.706. The lowest BCUT2D eigenvalue weighted by molar-refractivity contribution is -0.697. The topological polar surface area (TPSA) is 3.88 Å². The highest BCUT2D eigenvalue weighted by atomic mass is 79.9. The van der Waals surface area contributed by atoms with Gasteiger partial charge in [-0.2, -0.15) is 0 Å². The molecule has 0 unspecified atom stereocenters. The zero-order valence-electron chi connectivity index (χ0n) is 12.2. The molecule has 1 nitrogen and oxygen atoms in total. The lowest BCUT2D eigenvalue weighted by Gasteiger charge is -2.01. The molecule has 19 heavy (non-hydrogen) atoms. The maximum Gasteiger partial charge on any atom is 0.168 e. The lowest BCUT2D eigenvalue weighted by atomic mass is 10.1. The number of hydrogen-bond acceptors (Lipinski definition) is 0. The summed E-state index contributed by atoms with van der Waals surface area (Å²) in [5.74, 6) is 0. The summed E-state index contributed by atoms with van der Waals surface area (Å²) in [6, 6.07) is 6.29. The Labute approximate surface area is 127 Å². The summed E-state index contributed by atoms with van der Waals surface area (Å²) in [7, 11) is 0. The molecule has 0 spiro atoms. The van der Waals surface area contributed by atoms with Gasteiger partial charge in [0.1, 0.15) is 6.54 Å². The Hall–Kier alpha value is -0.370. The van der Waals surface area contributed by atoms with E-state index in [-0.39, 0.29) is 0 Å². The molecule has 108 valence electrons. The predicted octanol–water partition coefficient (Wildman–Crippen LogP) is 5.27. The minimum atomic E-state index is 1.17. The molecule has 1 aromatic heterocycles. The van der Waals surface area contributed by atoms with Gasteiger partial charge in [-0.15, -0.1) is 0 Å². The highest BCUT2D eigenvalue weighted by Gasteiger charge is 1.97. The smallest absolute Gasteiger partial charge is 0.168 e. The molecule has 0 aliphatic rings. The number of aromatic nitrogens is 1. The fourth-order valence-electron chi connectivity index (χ4n) is 2.39. The van der Waals surface area contributed by atoms with Crippen LogP contribution in [0.15, 0.2) is 30.6 Å². The van der Waals surface area contributed by atoms with E-state index in [1.165, 1.54) is 76.1 Å². The van der Waals surface area contributed by atoms with E-state index in [4.69, 9.17) is 0 Å². The number of alkyl halides is 1. The molecule has 0 bridgehead atoms. The molecule has 0 saturated carbocycles. The third kappa shape index (κ3) is 10.1. The van der Waals surface area contributed by atoms with Crippen molar-refractivity contribution in [1.82, 2.24) is 0 Å². The third-order valence-corrected chi connectivity index (χ3v) is 4.14. The van der Waals surface area contributed by atoms with Gasteiger partial charge in [-0.1, -0.05) is 66.9 Å². The first-order chi connectivity index (χ1) is 9.43. The highest BCUT2D eigenvalue weighted by Crippen LogP contribution is 2.10. The van der Waals surface area contributed by atoms with Gasteiger partial charge in [-0.25, -0.2) is 4.57 Å². The Morgan fingerprint density at radius 1 is 0.579 bits per heavy atom. The molecule has 0 aliphatic heterocycles. The normalized spacial score (nSPS) is 10.8. The van der Waals surface area contributed by atoms with Gasteiger partial charge in [-0.3, -0.25) is 0 Å². The Morgan fingerprint density at radius 2 is 1.05 bits per heavy atom. The van der Waals surface area contributed by atoms with E-state index >= 15 is 0 Å². The summed E-state index contributed by atoms with van der Waals surface area (Å²) in [5, 5.41) is 1.17. The summed E-state index contributed by atoms with van der Waals surface area (Å²) in [6.07, 6.45) is 18.3. The van der Waals surface area contributed by atoms with E-state index in [2.05, 4.69) is 51.1 Å². The molecule has 0 fully saturated rings. The second-order valence-corrected chi connectivity index (χ2v) is 6.13. The molecule has 2 heteroatoms. The molecule has 1 heterocycles. The van der Waals surface area contributed by atoms with E-state index in [9.17, 15) is 0 Å². The standard InChI is InChI=1S/C17H29BrN/c18-14-10-7-5-3-1-2-4-6-8-11-15-19-16-12-9-13-17-19/h9,12-13,16-17H,1-8,10-11,14-15H2/q+1. The molecular formula is C17H29BrN+. The maximum absolute atomic E-state index is 3.48. The van der Waals surface area contributed by atoms with Crippen LogP contribution < -0.4 is 4.57 Å². The molecule has 1 rings (SSSR count). The van der Waals surface area contributed by atoms with Gasteiger partial charge in [0.25, 0.3) is 0 Å². The molecule has 0 aliphatic carbocycles. The molecule has 0 aromatic carbocycles. The second kappa shape index (κ2) is 12.7. The first-order valence-corrected chi connectivity index (χ1v) is 9.05. The van der Waals surface area contributed by atoms with Crippen LogP contribution in [0.5, 0.6) is 0 Å². The van der Waals surface area contributed by atoms with Crippen molar-refractivity contribution in [2.45, 2.75) is 70.8 Å². The largest absolute Gasteiger partial charge is 0.205 e. The monoisotopic (exact) mass is 326 g/mol. The Balaban J connectivity index is 1.79. The van der Waals surface area contributed by atoms with Crippen molar-refractivity contribution < 1.29 is 4.57 Å². The van der Waals surface area contributed by atoms with Crippen LogP contribution in [0.3, 0.4) is 0 Å². The van der Waals surface area contributed by atoms with Crippen LogP contribution in [-0.2, 0) is 6.54 Å². The van der Waals surface area contributed by atoms with E-state index in [1.54, 1.807) is 0 Å². The van der Waals surface area contributed by atoms with Gasteiger partial charge >= 0.3 is 0 Å². The van der Waals surface area contributed by atoms with E-state index in [1.807, 2.05) is 0 Å². The molecule has 0 saturated heterocycles. The first-order valence-electron chi connectivity index (χ1n) is 7.93. The molecular weight excluding hydrogens is 298 g/mol. The van der Waals surface area contributed by atoms with Crippen LogP contribution >= 0.6 is 15.9 Å². The Bertz CT molecular complexity index is 287. The van der Waals surface area contributed by atoms with Crippen molar-refractivity contribution in [2.24, 2.45) is 0 Å². The van der Waals surface area contributed by atoms with Crippen molar-refractivity contribution in [3.63, 3.8) is 0 Å². The van der Waals surface area contributed by atoms with E-state index in [0.717, 1.165) is 0 Å². The molecule has 0 radical (unpaired) electrons. The van der Waals surface area contributed by atoms with Crippen molar-refractivity contribution in [2.75, 3.05) is 5.33 Å². The zero-order valence-corrected chi connectivity index (χ0v) is 13.8. The predicted molar refractivity (Wildman–Crippen MR) is 86.6 cm³/mol. The molecule has 0 N–H and O–H groups in total. The van der Waals surface area contributed by atoms with Crippen LogP contribution in [0.4, 0.5) is 0 Å². The van der Waals surface area contributed by atoms with Crippen molar-refractivity contribution in [1.29, 1.82) is 0 Å². The van der Waals surface area contributed by atoms with Gasteiger partial charge < -0.3 is 0 Å². The SMILES string of the molecule is BrCCCCCCCCCCCC[n+]1ccccc1. The van der Waals surface area contributed by atoms with Crippen molar-refractivity contribution in [3.8, 4) is 0 Å². The third-order valence-electron chi connectivity index (χ3n) is 3.58. The number of hydrogen-bond donors (Lipinski definition) is 0. The first kappa shape index (κ1) is 16.7. The average molecular weight is 327 g/mol. The van der Waals surface area contributed by atoms with Crippen LogP contribution in [0.2, 0.25) is 0 Å². The number of halogens is 1. The zero-order chi connectivity index (χ0) is 13.6. The summed E-state index contributed by atoms with van der Waals surface area (Å²) in [6.45, 7) is 1.17. The molecule has 1 aromatic rings. The maximum atomic E-state index is 3.48. The number of pyridine rings is 1. The van der Waals surface area contributed by atoms with Crippen molar-refractivity contribution in [3.05, 3.63) is 30.6 Å². The number of rotatable bonds is 12. The average Bonchev–Trinajstić information content (AvgIpc) is 2.46. The summed E-state index contributed by atoms with van der Waals surface area (Å²) < 4.78 is 2.28.